The second kappa shape index (κ2) is 5.47. The summed E-state index contributed by atoms with van der Waals surface area (Å²) in [5, 5.41) is 26.0. The molecule has 0 aliphatic carbocycles. The van der Waals surface area contributed by atoms with Crippen LogP contribution in [-0.2, 0) is 0 Å². The van der Waals surface area contributed by atoms with Gasteiger partial charge in [0.2, 0.25) is 0 Å². The van der Waals surface area contributed by atoms with E-state index in [1.54, 1.807) is 0 Å². The van der Waals surface area contributed by atoms with Crippen LogP contribution in [0.3, 0.4) is 0 Å². The van der Waals surface area contributed by atoms with Crippen LogP contribution in [0.25, 0.3) is 0 Å². The van der Waals surface area contributed by atoms with Crippen LogP contribution in [0, 0.1) is 0 Å². The molecule has 0 saturated heterocycles. The maximum Gasteiger partial charge on any atom is 1.00 e. The molecule has 70 valence electrons. The first-order chi connectivity index (χ1) is 6.02. The Morgan fingerprint density at radius 3 is 2.14 bits per heavy atom. The summed E-state index contributed by atoms with van der Waals surface area (Å²) < 4.78 is 0. The van der Waals surface area contributed by atoms with Gasteiger partial charge in [0.05, 0.1) is 5.56 Å². The van der Waals surface area contributed by atoms with Crippen LogP contribution in [0.1, 0.15) is 22.1 Å². The molecule has 0 amide bonds. The number of hydrogen-bond donors (Lipinski definition) is 3. The van der Waals surface area contributed by atoms with Crippen molar-refractivity contribution in [3.63, 3.8) is 0 Å². The fourth-order valence-corrected chi connectivity index (χ4v) is 0.840. The predicted octanol–water partition coefficient (Wildman–Crippen LogP) is -2.09. The summed E-state index contributed by atoms with van der Waals surface area (Å²) in [6.45, 7) is 0. The molecule has 0 bridgehead atoms. The summed E-state index contributed by atoms with van der Waals surface area (Å²) in [6.07, 6.45) is 0. The summed E-state index contributed by atoms with van der Waals surface area (Å²) in [5.74, 6) is -3.04. The van der Waals surface area contributed by atoms with Crippen molar-refractivity contribution in [2.75, 3.05) is 0 Å². The number of benzene rings is 1. The first-order valence-corrected chi connectivity index (χ1v) is 3.32. The summed E-state index contributed by atoms with van der Waals surface area (Å²) in [7, 11) is 0. The smallest absolute Gasteiger partial charge is 1.00 e. The monoisotopic (exact) mass is 222 g/mol. The molecule has 0 fully saturated rings. The molecule has 0 saturated carbocycles. The van der Waals surface area contributed by atoms with Gasteiger partial charge in [0, 0.05) is 0 Å². The minimum Gasteiger partial charge on any atom is -1.00 e. The van der Waals surface area contributed by atoms with Crippen LogP contribution in [0.15, 0.2) is 18.2 Å². The molecule has 1 aromatic carbocycles. The van der Waals surface area contributed by atoms with Crippen molar-refractivity contribution in [2.24, 2.45) is 0 Å². The molecule has 0 aliphatic rings. The Labute approximate surface area is 123 Å². The first-order valence-electron chi connectivity index (χ1n) is 3.32. The Hall–Kier alpha value is -0.404. The van der Waals surface area contributed by atoms with Gasteiger partial charge in [-0.05, 0) is 18.2 Å². The molecule has 0 radical (unpaired) electrons. The Morgan fingerprint density at radius 2 is 1.71 bits per heavy atom. The Kier molecular flexibility index (Phi) is 5.31. The third-order valence-corrected chi connectivity index (χ3v) is 1.47. The van der Waals surface area contributed by atoms with E-state index in [4.69, 9.17) is 15.3 Å². The van der Waals surface area contributed by atoms with Crippen molar-refractivity contribution in [3.8, 4) is 5.75 Å². The molecule has 0 atom stereocenters. The normalized spacial score (nSPS) is 8.86. The van der Waals surface area contributed by atoms with Gasteiger partial charge in [0.15, 0.2) is 0 Å². The first kappa shape index (κ1) is 13.6. The number of aromatic carboxylic acids is 2. The van der Waals surface area contributed by atoms with Gasteiger partial charge in [-0.15, -0.1) is 0 Å². The SMILES string of the molecule is O=C(O)c1ccc(O)c(C(=O)O)c1.[H-].[K+]. The van der Waals surface area contributed by atoms with Crippen LogP contribution >= 0.6 is 0 Å². The topological polar surface area (TPSA) is 94.8 Å². The van der Waals surface area contributed by atoms with Gasteiger partial charge in [-0.1, -0.05) is 0 Å². The summed E-state index contributed by atoms with van der Waals surface area (Å²) >= 11 is 0. The summed E-state index contributed by atoms with van der Waals surface area (Å²) in [4.78, 5) is 20.9. The Bertz CT molecular complexity index is 379. The second-order valence-corrected chi connectivity index (χ2v) is 2.34. The minimum absolute atomic E-state index is 0. The number of hydrogen-bond acceptors (Lipinski definition) is 3. The Balaban J connectivity index is 0. The molecule has 14 heavy (non-hydrogen) atoms. The molecule has 3 N–H and O–H groups in total. The average Bonchev–Trinajstić information content (AvgIpc) is 2.04. The van der Waals surface area contributed by atoms with E-state index in [9.17, 15) is 9.59 Å². The van der Waals surface area contributed by atoms with Gasteiger partial charge in [-0.2, -0.15) is 0 Å². The van der Waals surface area contributed by atoms with E-state index in [2.05, 4.69) is 0 Å². The van der Waals surface area contributed by atoms with Crippen LogP contribution in [0.5, 0.6) is 5.75 Å². The van der Waals surface area contributed by atoms with Crippen LogP contribution in [-0.4, -0.2) is 27.3 Å². The van der Waals surface area contributed by atoms with E-state index in [0.29, 0.717) is 0 Å². The van der Waals surface area contributed by atoms with Crippen molar-refractivity contribution in [1.82, 2.24) is 0 Å². The maximum absolute atomic E-state index is 10.4. The summed E-state index contributed by atoms with van der Waals surface area (Å²) in [5.41, 5.74) is -0.588. The molecule has 0 spiro atoms. The van der Waals surface area contributed by atoms with Gasteiger partial charge in [-0.3, -0.25) is 0 Å². The standard InChI is InChI=1S/C8H6O5.K.H/c9-6-2-1-4(7(10)11)3-5(6)8(12)13;;/h1-3,9H,(H,10,11)(H,12,13);;/q;+1;-1. The third kappa shape index (κ3) is 3.07. The molecule has 0 aromatic heterocycles. The van der Waals surface area contributed by atoms with E-state index in [0.717, 1.165) is 18.2 Å². The molecule has 1 rings (SSSR count). The van der Waals surface area contributed by atoms with E-state index in [-0.39, 0.29) is 58.4 Å². The van der Waals surface area contributed by atoms with Crippen molar-refractivity contribution in [1.29, 1.82) is 0 Å². The molecule has 5 nitrogen and oxygen atoms in total. The number of aromatic hydroxyl groups is 1. The molecule has 0 aliphatic heterocycles. The van der Waals surface area contributed by atoms with Gasteiger partial charge in [-0.25, -0.2) is 9.59 Å². The van der Waals surface area contributed by atoms with E-state index >= 15 is 0 Å². The zero-order chi connectivity index (χ0) is 10.0. The van der Waals surface area contributed by atoms with Crippen molar-refractivity contribution in [3.05, 3.63) is 29.3 Å². The molecule has 0 unspecified atom stereocenters. The second-order valence-electron chi connectivity index (χ2n) is 2.34. The molecule has 0 heterocycles. The van der Waals surface area contributed by atoms with Gasteiger partial charge < -0.3 is 16.7 Å². The molecular formula is C8H7KO5. The van der Waals surface area contributed by atoms with Crippen LogP contribution < -0.4 is 51.4 Å². The number of carbonyl (C=O) groups is 2. The molecule has 1 aromatic rings. The van der Waals surface area contributed by atoms with E-state index < -0.39 is 23.3 Å². The van der Waals surface area contributed by atoms with Crippen molar-refractivity contribution >= 4 is 11.9 Å². The van der Waals surface area contributed by atoms with Crippen LogP contribution in [0.2, 0.25) is 0 Å². The largest absolute Gasteiger partial charge is 1.00 e. The van der Waals surface area contributed by atoms with Crippen molar-refractivity contribution < 1.29 is 77.7 Å². The maximum atomic E-state index is 10.4. The van der Waals surface area contributed by atoms with Gasteiger partial charge in [0.25, 0.3) is 0 Å². The third-order valence-electron chi connectivity index (χ3n) is 1.47. The molecule has 6 heteroatoms. The van der Waals surface area contributed by atoms with Gasteiger partial charge >= 0.3 is 63.3 Å². The number of carboxylic acid groups (broad SMARTS) is 2. The average molecular weight is 222 g/mol. The minimum atomic E-state index is -1.36. The summed E-state index contributed by atoms with van der Waals surface area (Å²) in [6, 6.07) is 3.07. The fourth-order valence-electron chi connectivity index (χ4n) is 0.840. The molecular weight excluding hydrogens is 215 g/mol. The fraction of sp³-hybridized carbons (Fsp3) is 0. The predicted molar refractivity (Wildman–Crippen MR) is 43.1 cm³/mol. The zero-order valence-electron chi connectivity index (χ0n) is 8.39. The number of phenols is 1. The quantitative estimate of drug-likeness (QED) is 0.498. The number of rotatable bonds is 2. The number of carboxylic acids is 2. The van der Waals surface area contributed by atoms with Crippen molar-refractivity contribution in [2.45, 2.75) is 0 Å². The zero-order valence-corrected chi connectivity index (χ0v) is 10.5. The van der Waals surface area contributed by atoms with E-state index in [1.807, 2.05) is 0 Å². The Morgan fingerprint density at radius 1 is 1.14 bits per heavy atom. The van der Waals surface area contributed by atoms with Crippen LogP contribution in [0.4, 0.5) is 0 Å². The van der Waals surface area contributed by atoms with E-state index in [1.165, 1.54) is 0 Å². The van der Waals surface area contributed by atoms with Gasteiger partial charge in [0.1, 0.15) is 11.3 Å².